The number of nitrogens with zero attached hydrogens (tertiary/aromatic N) is 1. The molecule has 2 aromatic carbocycles. The Morgan fingerprint density at radius 1 is 1.23 bits per heavy atom. The number of aliphatic carboxylic acids is 1. The lowest BCUT2D eigenvalue weighted by Gasteiger charge is -2.27. The van der Waals surface area contributed by atoms with Gasteiger partial charge in [-0.05, 0) is 35.8 Å². The average Bonchev–Trinajstić information content (AvgIpc) is 2.87. The summed E-state index contributed by atoms with van der Waals surface area (Å²) >= 11 is 6.27. The van der Waals surface area contributed by atoms with Gasteiger partial charge >= 0.3 is 0 Å². The van der Waals surface area contributed by atoms with Gasteiger partial charge in [-0.1, -0.05) is 66.4 Å². The van der Waals surface area contributed by atoms with Crippen LogP contribution in [0.2, 0.25) is 0 Å². The van der Waals surface area contributed by atoms with Crippen molar-refractivity contribution in [1.29, 1.82) is 0 Å². The monoisotopic (exact) mass is 384 g/mol. The lowest BCUT2D eigenvalue weighted by Crippen LogP contribution is -2.51. The number of hydrogen-bond donors (Lipinski definition) is 1. The van der Waals surface area contributed by atoms with Crippen LogP contribution in [-0.2, 0) is 16.0 Å². The molecule has 0 radical (unpaired) electrons. The van der Waals surface area contributed by atoms with Crippen LogP contribution in [0.3, 0.4) is 0 Å². The van der Waals surface area contributed by atoms with Crippen molar-refractivity contribution >= 4 is 46.3 Å². The van der Waals surface area contributed by atoms with E-state index in [4.69, 9.17) is 12.2 Å². The molecule has 132 valence electrons. The van der Waals surface area contributed by atoms with Gasteiger partial charge in [0.25, 0.3) is 5.91 Å². The highest BCUT2D eigenvalue weighted by Crippen LogP contribution is 2.34. The molecule has 0 saturated carbocycles. The summed E-state index contributed by atoms with van der Waals surface area (Å²) in [6.45, 7) is 0. The van der Waals surface area contributed by atoms with Gasteiger partial charge in [0, 0.05) is 0 Å². The Hall–Kier alpha value is -2.64. The molecule has 1 atom stereocenters. The van der Waals surface area contributed by atoms with Crippen molar-refractivity contribution in [3.8, 4) is 5.75 Å². The molecule has 0 unspecified atom stereocenters. The van der Waals surface area contributed by atoms with Crippen LogP contribution in [0, 0.1) is 0 Å². The molecule has 1 fully saturated rings. The molecule has 1 amide bonds. The minimum Gasteiger partial charge on any atom is -0.548 e. The van der Waals surface area contributed by atoms with Crippen LogP contribution in [0.25, 0.3) is 6.08 Å². The van der Waals surface area contributed by atoms with E-state index in [1.807, 2.05) is 6.07 Å². The number of thioether (sulfide) groups is 1. The van der Waals surface area contributed by atoms with Crippen molar-refractivity contribution in [2.45, 2.75) is 12.5 Å². The molecule has 1 aliphatic heterocycles. The molecule has 0 aromatic heterocycles. The molecule has 1 heterocycles. The van der Waals surface area contributed by atoms with E-state index in [1.165, 1.54) is 12.1 Å². The van der Waals surface area contributed by atoms with Crippen LogP contribution in [0.5, 0.6) is 5.75 Å². The third kappa shape index (κ3) is 3.95. The highest BCUT2D eigenvalue weighted by molar-refractivity contribution is 8.26. The van der Waals surface area contributed by atoms with Gasteiger partial charge in [0.05, 0.1) is 16.9 Å². The zero-order chi connectivity index (χ0) is 18.7. The number of hydrogen-bond acceptors (Lipinski definition) is 6. The van der Waals surface area contributed by atoms with Crippen LogP contribution in [0.15, 0.2) is 59.5 Å². The van der Waals surface area contributed by atoms with Crippen molar-refractivity contribution in [3.05, 3.63) is 70.6 Å². The van der Waals surface area contributed by atoms with E-state index in [0.29, 0.717) is 10.5 Å². The normalized spacial score (nSPS) is 16.9. The Bertz CT molecular complexity index is 895. The Balaban J connectivity index is 1.88. The maximum absolute atomic E-state index is 12.7. The lowest BCUT2D eigenvalue weighted by molar-refractivity contribution is -0.310. The number of carboxylic acid groups (broad SMARTS) is 1. The first-order valence-corrected chi connectivity index (χ1v) is 8.99. The molecular weight excluding hydrogens is 370 g/mol. The van der Waals surface area contributed by atoms with E-state index >= 15 is 0 Å². The first-order valence-electron chi connectivity index (χ1n) is 7.76. The van der Waals surface area contributed by atoms with E-state index < -0.39 is 17.9 Å². The molecule has 0 spiro atoms. The molecule has 0 bridgehead atoms. The third-order valence-electron chi connectivity index (χ3n) is 3.85. The maximum atomic E-state index is 12.7. The topological polar surface area (TPSA) is 80.7 Å². The van der Waals surface area contributed by atoms with Crippen molar-refractivity contribution in [3.63, 3.8) is 0 Å². The van der Waals surface area contributed by atoms with E-state index in [2.05, 4.69) is 0 Å². The second-order valence-corrected chi connectivity index (χ2v) is 7.35. The van der Waals surface area contributed by atoms with Gasteiger partial charge in [-0.25, -0.2) is 0 Å². The Labute approximate surface area is 160 Å². The van der Waals surface area contributed by atoms with Crippen LogP contribution >= 0.6 is 24.0 Å². The quantitative estimate of drug-likeness (QED) is 0.627. The van der Waals surface area contributed by atoms with Crippen LogP contribution < -0.4 is 5.11 Å². The number of aromatic hydroxyl groups is 1. The van der Waals surface area contributed by atoms with Crippen molar-refractivity contribution in [2.75, 3.05) is 0 Å². The molecule has 1 aliphatic rings. The summed E-state index contributed by atoms with van der Waals surface area (Å²) in [5.41, 5.74) is 1.39. The summed E-state index contributed by atoms with van der Waals surface area (Å²) in [6, 6.07) is 14.2. The SMILES string of the molecule is O=C([O-])[C@H](Cc1ccccc1)N1C(=O)/C(=C/c2cccc(O)c2)SC1=S. The van der Waals surface area contributed by atoms with E-state index in [0.717, 1.165) is 22.2 Å². The Morgan fingerprint density at radius 2 is 1.96 bits per heavy atom. The molecule has 1 saturated heterocycles. The van der Waals surface area contributed by atoms with Crippen LogP contribution in [-0.4, -0.2) is 32.2 Å². The zero-order valence-electron chi connectivity index (χ0n) is 13.5. The second-order valence-electron chi connectivity index (χ2n) is 5.67. The van der Waals surface area contributed by atoms with Crippen molar-refractivity contribution < 1.29 is 19.8 Å². The molecule has 3 rings (SSSR count). The summed E-state index contributed by atoms with van der Waals surface area (Å²) in [5, 5.41) is 21.2. The van der Waals surface area contributed by atoms with Gasteiger partial charge < -0.3 is 15.0 Å². The third-order valence-corrected chi connectivity index (χ3v) is 5.18. The van der Waals surface area contributed by atoms with E-state index in [9.17, 15) is 19.8 Å². The van der Waals surface area contributed by atoms with Gasteiger partial charge in [0.2, 0.25) is 0 Å². The summed E-state index contributed by atoms with van der Waals surface area (Å²) < 4.78 is 0.173. The minimum absolute atomic E-state index is 0.0749. The first-order chi connectivity index (χ1) is 12.5. The molecule has 5 nitrogen and oxygen atoms in total. The van der Waals surface area contributed by atoms with Crippen molar-refractivity contribution in [2.24, 2.45) is 0 Å². The van der Waals surface area contributed by atoms with E-state index in [1.54, 1.807) is 42.5 Å². The number of rotatable bonds is 5. The fraction of sp³-hybridized carbons (Fsp3) is 0.105. The highest BCUT2D eigenvalue weighted by Gasteiger charge is 2.37. The van der Waals surface area contributed by atoms with Gasteiger partial charge in [-0.3, -0.25) is 9.69 Å². The molecule has 1 N–H and O–H groups in total. The predicted octanol–water partition coefficient (Wildman–Crippen LogP) is 1.95. The summed E-state index contributed by atoms with van der Waals surface area (Å²) in [6.07, 6.45) is 1.68. The summed E-state index contributed by atoms with van der Waals surface area (Å²) in [7, 11) is 0. The number of carbonyl (C=O) groups is 2. The fourth-order valence-corrected chi connectivity index (χ4v) is 3.99. The fourth-order valence-electron chi connectivity index (χ4n) is 2.63. The number of phenolic OH excluding ortho intramolecular Hbond substituents is 1. The standard InChI is InChI=1S/C19H15NO4S2/c21-14-8-4-7-13(9-14)11-16-17(22)20(19(25)26-16)15(18(23)24)10-12-5-2-1-3-6-12/h1-9,11,15,21H,10H2,(H,23,24)/p-1/b16-11-/t15-/m0/s1. The second kappa shape index (κ2) is 7.72. The van der Waals surface area contributed by atoms with Gasteiger partial charge in [0.1, 0.15) is 10.1 Å². The molecule has 2 aromatic rings. The smallest absolute Gasteiger partial charge is 0.266 e. The lowest BCUT2D eigenvalue weighted by atomic mass is 10.0. The van der Waals surface area contributed by atoms with Crippen molar-refractivity contribution in [1.82, 2.24) is 4.90 Å². The first kappa shape index (κ1) is 18.2. The maximum Gasteiger partial charge on any atom is 0.266 e. The molecular formula is C19H14NO4S2-. The van der Waals surface area contributed by atoms with Gasteiger partial charge in [0.15, 0.2) is 0 Å². The average molecular weight is 384 g/mol. The number of carbonyl (C=O) groups excluding carboxylic acids is 2. The Morgan fingerprint density at radius 3 is 2.62 bits per heavy atom. The number of amides is 1. The molecule has 7 heteroatoms. The predicted molar refractivity (Wildman–Crippen MR) is 102 cm³/mol. The number of phenols is 1. The molecule has 0 aliphatic carbocycles. The van der Waals surface area contributed by atoms with Crippen LogP contribution in [0.1, 0.15) is 11.1 Å². The highest BCUT2D eigenvalue weighted by atomic mass is 32.2. The molecule has 26 heavy (non-hydrogen) atoms. The van der Waals surface area contributed by atoms with Crippen LogP contribution in [0.4, 0.5) is 0 Å². The number of benzene rings is 2. The summed E-state index contributed by atoms with van der Waals surface area (Å²) in [4.78, 5) is 25.8. The number of carboxylic acids is 1. The van der Waals surface area contributed by atoms with Gasteiger partial charge in [-0.15, -0.1) is 0 Å². The largest absolute Gasteiger partial charge is 0.548 e. The Kier molecular flexibility index (Phi) is 5.39. The van der Waals surface area contributed by atoms with E-state index in [-0.39, 0.29) is 16.5 Å². The number of thiocarbonyl (C=S) groups is 1. The zero-order valence-corrected chi connectivity index (χ0v) is 15.1. The minimum atomic E-state index is -1.36. The van der Waals surface area contributed by atoms with Gasteiger partial charge in [-0.2, -0.15) is 0 Å². The summed E-state index contributed by atoms with van der Waals surface area (Å²) in [5.74, 6) is -1.76.